The molecule has 1 rings (SSSR count). The van der Waals surface area contributed by atoms with E-state index in [0.29, 0.717) is 0 Å². The Hall–Kier alpha value is -0.490. The number of rotatable bonds is 0. The smallest absolute Gasteiger partial charge is 0.0301 e. The van der Waals surface area contributed by atoms with Crippen LogP contribution in [0.25, 0.3) is 0 Å². The molecule has 0 radical (unpaired) electrons. The van der Waals surface area contributed by atoms with E-state index in [4.69, 9.17) is 6.42 Å². The monoisotopic (exact) mass is 256 g/mol. The fraction of sp³-hybridized carbons (Fsp3) is 0.200. The van der Waals surface area contributed by atoms with Gasteiger partial charge in [0.25, 0.3) is 0 Å². The molecule has 1 aromatic rings. The van der Waals surface area contributed by atoms with Gasteiger partial charge in [-0.1, -0.05) is 5.92 Å². The van der Waals surface area contributed by atoms with Gasteiger partial charge in [0.15, 0.2) is 0 Å². The van der Waals surface area contributed by atoms with Crippen LogP contribution < -0.4 is 0 Å². The van der Waals surface area contributed by atoms with Gasteiger partial charge in [-0.15, -0.1) is 6.42 Å². The topological polar surface area (TPSA) is 0 Å². The van der Waals surface area contributed by atoms with Crippen molar-refractivity contribution in [3.8, 4) is 12.3 Å². The highest BCUT2D eigenvalue weighted by Crippen LogP contribution is 2.16. The van der Waals surface area contributed by atoms with Crippen molar-refractivity contribution in [2.75, 3.05) is 0 Å². The van der Waals surface area contributed by atoms with E-state index in [1.165, 1.54) is 14.7 Å². The van der Waals surface area contributed by atoms with E-state index < -0.39 is 0 Å². The number of halogens is 1. The second kappa shape index (κ2) is 3.27. The SMILES string of the molecule is C#Cc1c(C)cc(I)cc1C. The summed E-state index contributed by atoms with van der Waals surface area (Å²) >= 11 is 2.30. The van der Waals surface area contributed by atoms with Crippen molar-refractivity contribution in [1.82, 2.24) is 0 Å². The Morgan fingerprint density at radius 2 is 1.73 bits per heavy atom. The molecule has 0 bridgehead atoms. The average molecular weight is 256 g/mol. The number of hydrogen-bond donors (Lipinski definition) is 0. The van der Waals surface area contributed by atoms with Crippen LogP contribution in [0.1, 0.15) is 16.7 Å². The first-order valence-corrected chi connectivity index (χ1v) is 4.46. The van der Waals surface area contributed by atoms with Gasteiger partial charge in [-0.2, -0.15) is 0 Å². The van der Waals surface area contributed by atoms with Crippen LogP contribution in [0.3, 0.4) is 0 Å². The van der Waals surface area contributed by atoms with Gasteiger partial charge >= 0.3 is 0 Å². The lowest BCUT2D eigenvalue weighted by atomic mass is 10.0. The largest absolute Gasteiger partial charge is 0.115 e. The van der Waals surface area contributed by atoms with Crippen LogP contribution in [0, 0.1) is 29.8 Å². The van der Waals surface area contributed by atoms with Crippen LogP contribution in [0.15, 0.2) is 12.1 Å². The van der Waals surface area contributed by atoms with E-state index in [9.17, 15) is 0 Å². The van der Waals surface area contributed by atoms with E-state index in [0.717, 1.165) is 5.56 Å². The molecule has 0 N–H and O–H groups in total. The van der Waals surface area contributed by atoms with Gasteiger partial charge in [0, 0.05) is 9.13 Å². The molecule has 0 aromatic heterocycles. The van der Waals surface area contributed by atoms with Crippen LogP contribution in [0.2, 0.25) is 0 Å². The summed E-state index contributed by atoms with van der Waals surface area (Å²) in [5, 5.41) is 0. The third-order valence-corrected chi connectivity index (χ3v) is 2.26. The lowest BCUT2D eigenvalue weighted by Gasteiger charge is -2.03. The number of terminal acetylenes is 1. The van der Waals surface area contributed by atoms with Crippen molar-refractivity contribution in [3.63, 3.8) is 0 Å². The highest BCUT2D eigenvalue weighted by atomic mass is 127. The Balaban J connectivity index is 3.40. The van der Waals surface area contributed by atoms with Gasteiger partial charge in [0.2, 0.25) is 0 Å². The fourth-order valence-corrected chi connectivity index (χ4v) is 2.07. The molecule has 11 heavy (non-hydrogen) atoms. The Morgan fingerprint density at radius 3 is 2.09 bits per heavy atom. The first-order chi connectivity index (χ1) is 5.15. The maximum atomic E-state index is 5.35. The first-order valence-electron chi connectivity index (χ1n) is 3.38. The molecule has 0 aliphatic heterocycles. The molecule has 1 heteroatoms. The van der Waals surface area contributed by atoms with Crippen LogP contribution in [0.5, 0.6) is 0 Å². The molecule has 0 fully saturated rings. The zero-order valence-corrected chi connectivity index (χ0v) is 8.77. The summed E-state index contributed by atoms with van der Waals surface area (Å²) in [5.41, 5.74) is 3.42. The Labute approximate surface area is 81.2 Å². The third kappa shape index (κ3) is 1.75. The summed E-state index contributed by atoms with van der Waals surface area (Å²) in [5.74, 6) is 2.69. The molecule has 0 aliphatic carbocycles. The molecule has 0 saturated carbocycles. The Kier molecular flexibility index (Phi) is 2.56. The standard InChI is InChI=1S/C10H9I/c1-4-10-7(2)5-9(11)6-8(10)3/h1,5-6H,2-3H3. The van der Waals surface area contributed by atoms with E-state index in [1.54, 1.807) is 0 Å². The zero-order valence-electron chi connectivity index (χ0n) is 6.61. The number of aryl methyl sites for hydroxylation is 2. The molecule has 0 amide bonds. The summed E-state index contributed by atoms with van der Waals surface area (Å²) in [6, 6.07) is 4.20. The second-order valence-electron chi connectivity index (χ2n) is 2.56. The predicted molar refractivity (Wildman–Crippen MR) is 56.6 cm³/mol. The van der Waals surface area contributed by atoms with Gasteiger partial charge in [0.1, 0.15) is 0 Å². The number of benzene rings is 1. The van der Waals surface area contributed by atoms with Crippen molar-refractivity contribution >= 4 is 22.6 Å². The molecule has 0 nitrogen and oxygen atoms in total. The summed E-state index contributed by atoms with van der Waals surface area (Å²) in [7, 11) is 0. The van der Waals surface area contributed by atoms with Gasteiger partial charge in [-0.3, -0.25) is 0 Å². The normalized spacial score (nSPS) is 9.27. The fourth-order valence-electron chi connectivity index (χ4n) is 1.14. The maximum absolute atomic E-state index is 5.35. The van der Waals surface area contributed by atoms with Crippen molar-refractivity contribution < 1.29 is 0 Å². The van der Waals surface area contributed by atoms with Crippen LogP contribution >= 0.6 is 22.6 Å². The molecule has 0 aliphatic rings. The van der Waals surface area contributed by atoms with Crippen molar-refractivity contribution in [2.24, 2.45) is 0 Å². The van der Waals surface area contributed by atoms with Crippen LogP contribution in [0.4, 0.5) is 0 Å². The molecule has 0 spiro atoms. The molecule has 0 saturated heterocycles. The number of hydrogen-bond acceptors (Lipinski definition) is 0. The van der Waals surface area contributed by atoms with Crippen LogP contribution in [-0.2, 0) is 0 Å². The minimum Gasteiger partial charge on any atom is -0.115 e. The Bertz CT molecular complexity index is 295. The molecular weight excluding hydrogens is 247 g/mol. The first kappa shape index (κ1) is 8.61. The molecular formula is C10H9I. The molecule has 56 valence electrons. The molecule has 0 atom stereocenters. The van der Waals surface area contributed by atoms with Crippen molar-refractivity contribution in [1.29, 1.82) is 0 Å². The van der Waals surface area contributed by atoms with Crippen LogP contribution in [-0.4, -0.2) is 0 Å². The predicted octanol–water partition coefficient (Wildman–Crippen LogP) is 2.89. The highest BCUT2D eigenvalue weighted by molar-refractivity contribution is 14.1. The highest BCUT2D eigenvalue weighted by Gasteiger charge is 1.99. The second-order valence-corrected chi connectivity index (χ2v) is 3.80. The van der Waals surface area contributed by atoms with Gasteiger partial charge < -0.3 is 0 Å². The maximum Gasteiger partial charge on any atom is 0.0301 e. The lowest BCUT2D eigenvalue weighted by molar-refractivity contribution is 1.33. The Morgan fingerprint density at radius 1 is 1.27 bits per heavy atom. The summed E-state index contributed by atoms with van der Waals surface area (Å²) in [6.07, 6.45) is 5.35. The summed E-state index contributed by atoms with van der Waals surface area (Å²) < 4.78 is 1.25. The molecule has 1 aromatic carbocycles. The van der Waals surface area contributed by atoms with Crippen molar-refractivity contribution in [3.05, 3.63) is 32.4 Å². The van der Waals surface area contributed by atoms with E-state index in [2.05, 4.69) is 40.6 Å². The molecule has 0 heterocycles. The summed E-state index contributed by atoms with van der Waals surface area (Å²) in [4.78, 5) is 0. The van der Waals surface area contributed by atoms with Gasteiger partial charge in [-0.05, 0) is 59.7 Å². The lowest BCUT2D eigenvalue weighted by Crippen LogP contribution is -1.88. The average Bonchev–Trinajstić information content (AvgIpc) is 1.85. The zero-order chi connectivity index (χ0) is 8.43. The summed E-state index contributed by atoms with van der Waals surface area (Å²) in [6.45, 7) is 4.09. The quantitative estimate of drug-likeness (QED) is 0.494. The minimum absolute atomic E-state index is 1.03. The minimum atomic E-state index is 1.03. The van der Waals surface area contributed by atoms with Crippen molar-refractivity contribution in [2.45, 2.75) is 13.8 Å². The van der Waals surface area contributed by atoms with E-state index >= 15 is 0 Å². The van der Waals surface area contributed by atoms with E-state index in [-0.39, 0.29) is 0 Å². The third-order valence-electron chi connectivity index (χ3n) is 1.64. The van der Waals surface area contributed by atoms with E-state index in [1.807, 2.05) is 13.8 Å². The van der Waals surface area contributed by atoms with Gasteiger partial charge in [0.05, 0.1) is 0 Å². The van der Waals surface area contributed by atoms with Gasteiger partial charge in [-0.25, -0.2) is 0 Å². The molecule has 0 unspecified atom stereocenters.